The van der Waals surface area contributed by atoms with E-state index in [0.29, 0.717) is 12.0 Å². The molecule has 2 aromatic rings. The van der Waals surface area contributed by atoms with Crippen molar-refractivity contribution in [3.8, 4) is 11.5 Å². The van der Waals surface area contributed by atoms with Gasteiger partial charge in [-0.25, -0.2) is 8.78 Å². The van der Waals surface area contributed by atoms with Crippen LogP contribution in [0.2, 0.25) is 0 Å². The fourth-order valence-corrected chi connectivity index (χ4v) is 1.90. The highest BCUT2D eigenvalue weighted by Gasteiger charge is 2.13. The van der Waals surface area contributed by atoms with Crippen molar-refractivity contribution in [3.05, 3.63) is 59.7 Å². The molecular weight excluding hydrogens is 260 g/mol. The van der Waals surface area contributed by atoms with E-state index >= 15 is 0 Å². The monoisotopic (exact) mass is 277 g/mol. The fourth-order valence-electron chi connectivity index (χ4n) is 1.90. The minimum atomic E-state index is -0.477. The standard InChI is InChI=1S/C16H17F2NO/c1-2-13(19)9-11-5-3-8-15(18)16(11)20-14-7-4-6-12(17)10-14/h3-8,10,13H,2,9,19H2,1H3. The van der Waals surface area contributed by atoms with Crippen LogP contribution in [0.15, 0.2) is 42.5 Å². The lowest BCUT2D eigenvalue weighted by atomic mass is 10.0. The van der Waals surface area contributed by atoms with Crippen LogP contribution in [0.3, 0.4) is 0 Å². The summed E-state index contributed by atoms with van der Waals surface area (Å²) in [6.45, 7) is 1.97. The first-order chi connectivity index (χ1) is 9.60. The number of rotatable bonds is 5. The molecule has 0 aromatic heterocycles. The number of nitrogens with two attached hydrogens (primary N) is 1. The Morgan fingerprint density at radius 3 is 2.60 bits per heavy atom. The van der Waals surface area contributed by atoms with Crippen LogP contribution in [0.4, 0.5) is 8.78 Å². The van der Waals surface area contributed by atoms with E-state index in [1.54, 1.807) is 18.2 Å². The second-order valence-electron chi connectivity index (χ2n) is 4.66. The van der Waals surface area contributed by atoms with Gasteiger partial charge in [0.25, 0.3) is 0 Å². The van der Waals surface area contributed by atoms with Gasteiger partial charge in [-0.05, 0) is 36.6 Å². The second kappa shape index (κ2) is 6.48. The molecule has 0 fully saturated rings. The van der Waals surface area contributed by atoms with Crippen LogP contribution in [-0.4, -0.2) is 6.04 Å². The average Bonchev–Trinajstić information content (AvgIpc) is 2.42. The molecular formula is C16H17F2NO. The maximum Gasteiger partial charge on any atom is 0.166 e. The van der Waals surface area contributed by atoms with Crippen molar-refractivity contribution in [1.29, 1.82) is 0 Å². The first-order valence-electron chi connectivity index (χ1n) is 6.56. The van der Waals surface area contributed by atoms with Gasteiger partial charge in [-0.15, -0.1) is 0 Å². The predicted octanol–water partition coefficient (Wildman–Crippen LogP) is 4.04. The molecule has 2 aromatic carbocycles. The number of halogens is 2. The summed E-state index contributed by atoms with van der Waals surface area (Å²) in [5, 5.41) is 0. The van der Waals surface area contributed by atoms with E-state index in [0.717, 1.165) is 6.42 Å². The van der Waals surface area contributed by atoms with Gasteiger partial charge in [-0.2, -0.15) is 0 Å². The summed E-state index contributed by atoms with van der Waals surface area (Å²) < 4.78 is 32.6. The van der Waals surface area contributed by atoms with E-state index in [-0.39, 0.29) is 17.5 Å². The van der Waals surface area contributed by atoms with E-state index in [1.807, 2.05) is 6.92 Å². The highest BCUT2D eigenvalue weighted by molar-refractivity contribution is 5.39. The van der Waals surface area contributed by atoms with Crippen molar-refractivity contribution in [2.75, 3.05) is 0 Å². The van der Waals surface area contributed by atoms with E-state index < -0.39 is 11.6 Å². The highest BCUT2D eigenvalue weighted by atomic mass is 19.1. The first kappa shape index (κ1) is 14.5. The molecule has 2 N–H and O–H groups in total. The molecule has 0 radical (unpaired) electrons. The van der Waals surface area contributed by atoms with Gasteiger partial charge in [0, 0.05) is 12.1 Å². The van der Waals surface area contributed by atoms with Gasteiger partial charge in [0.2, 0.25) is 0 Å². The first-order valence-corrected chi connectivity index (χ1v) is 6.56. The summed E-state index contributed by atoms with van der Waals surface area (Å²) in [5.41, 5.74) is 6.59. The van der Waals surface area contributed by atoms with Crippen molar-refractivity contribution in [2.45, 2.75) is 25.8 Å². The van der Waals surface area contributed by atoms with Crippen molar-refractivity contribution < 1.29 is 13.5 Å². The zero-order valence-electron chi connectivity index (χ0n) is 11.3. The van der Waals surface area contributed by atoms with Crippen LogP contribution >= 0.6 is 0 Å². The van der Waals surface area contributed by atoms with Gasteiger partial charge in [0.1, 0.15) is 11.6 Å². The van der Waals surface area contributed by atoms with E-state index in [4.69, 9.17) is 10.5 Å². The molecule has 2 rings (SSSR count). The predicted molar refractivity (Wildman–Crippen MR) is 74.8 cm³/mol. The number of hydrogen-bond donors (Lipinski definition) is 1. The van der Waals surface area contributed by atoms with E-state index in [2.05, 4.69) is 0 Å². The average molecular weight is 277 g/mol. The third-order valence-corrected chi connectivity index (χ3v) is 3.07. The van der Waals surface area contributed by atoms with Gasteiger partial charge in [0.15, 0.2) is 11.6 Å². The Hall–Kier alpha value is -1.94. The Labute approximate surface area is 117 Å². The molecule has 0 aliphatic carbocycles. The Morgan fingerprint density at radius 2 is 1.90 bits per heavy atom. The molecule has 1 unspecified atom stereocenters. The molecule has 2 nitrogen and oxygen atoms in total. The van der Waals surface area contributed by atoms with Crippen molar-refractivity contribution in [1.82, 2.24) is 0 Å². The lowest BCUT2D eigenvalue weighted by molar-refractivity contribution is 0.430. The normalized spacial score (nSPS) is 12.2. The fraction of sp³-hybridized carbons (Fsp3) is 0.250. The van der Waals surface area contributed by atoms with E-state index in [1.165, 1.54) is 24.3 Å². The molecule has 0 saturated carbocycles. The number of ether oxygens (including phenoxy) is 1. The molecule has 0 amide bonds. The smallest absolute Gasteiger partial charge is 0.166 e. The molecule has 4 heteroatoms. The van der Waals surface area contributed by atoms with Gasteiger partial charge < -0.3 is 10.5 Å². The topological polar surface area (TPSA) is 35.2 Å². The van der Waals surface area contributed by atoms with Crippen LogP contribution in [-0.2, 0) is 6.42 Å². The minimum absolute atomic E-state index is 0.0633. The minimum Gasteiger partial charge on any atom is -0.454 e. The Kier molecular flexibility index (Phi) is 4.69. The Morgan fingerprint density at radius 1 is 1.15 bits per heavy atom. The SMILES string of the molecule is CCC(N)Cc1cccc(F)c1Oc1cccc(F)c1. The molecule has 0 aliphatic heterocycles. The van der Waals surface area contributed by atoms with Gasteiger partial charge in [0.05, 0.1) is 0 Å². The lowest BCUT2D eigenvalue weighted by Gasteiger charge is -2.15. The van der Waals surface area contributed by atoms with Crippen molar-refractivity contribution >= 4 is 0 Å². The molecule has 0 aliphatic rings. The third-order valence-electron chi connectivity index (χ3n) is 3.07. The summed E-state index contributed by atoms with van der Waals surface area (Å²) in [5.74, 6) is -0.524. The zero-order chi connectivity index (χ0) is 14.5. The maximum absolute atomic E-state index is 13.9. The molecule has 0 bridgehead atoms. The summed E-state index contributed by atoms with van der Waals surface area (Å²) in [4.78, 5) is 0. The molecule has 106 valence electrons. The summed E-state index contributed by atoms with van der Waals surface area (Å²) in [6.07, 6.45) is 1.30. The quantitative estimate of drug-likeness (QED) is 0.895. The maximum atomic E-state index is 13.9. The molecule has 0 heterocycles. The van der Waals surface area contributed by atoms with Gasteiger partial charge >= 0.3 is 0 Å². The van der Waals surface area contributed by atoms with Crippen molar-refractivity contribution in [3.63, 3.8) is 0 Å². The molecule has 20 heavy (non-hydrogen) atoms. The van der Waals surface area contributed by atoms with Crippen LogP contribution < -0.4 is 10.5 Å². The summed E-state index contributed by atoms with van der Waals surface area (Å²) in [7, 11) is 0. The van der Waals surface area contributed by atoms with Crippen LogP contribution in [0, 0.1) is 11.6 Å². The van der Waals surface area contributed by atoms with Crippen molar-refractivity contribution in [2.24, 2.45) is 5.73 Å². The molecule has 1 atom stereocenters. The Balaban J connectivity index is 2.30. The van der Waals surface area contributed by atoms with Crippen LogP contribution in [0.25, 0.3) is 0 Å². The van der Waals surface area contributed by atoms with Crippen LogP contribution in [0.1, 0.15) is 18.9 Å². The highest BCUT2D eigenvalue weighted by Crippen LogP contribution is 2.29. The second-order valence-corrected chi connectivity index (χ2v) is 4.66. The molecule has 0 saturated heterocycles. The Bertz CT molecular complexity index is 586. The summed E-state index contributed by atoms with van der Waals surface area (Å²) in [6, 6.07) is 10.3. The van der Waals surface area contributed by atoms with Gasteiger partial charge in [-0.1, -0.05) is 25.1 Å². The zero-order valence-corrected chi connectivity index (χ0v) is 11.3. The molecule has 0 spiro atoms. The number of benzene rings is 2. The number of hydrogen-bond acceptors (Lipinski definition) is 2. The lowest BCUT2D eigenvalue weighted by Crippen LogP contribution is -2.21. The third kappa shape index (κ3) is 3.54. The van der Waals surface area contributed by atoms with Crippen LogP contribution in [0.5, 0.6) is 11.5 Å². The number of para-hydroxylation sites is 1. The van der Waals surface area contributed by atoms with Gasteiger partial charge in [-0.3, -0.25) is 0 Å². The summed E-state index contributed by atoms with van der Waals surface area (Å²) >= 11 is 0. The largest absolute Gasteiger partial charge is 0.454 e. The van der Waals surface area contributed by atoms with E-state index in [9.17, 15) is 8.78 Å².